The number of methoxy groups -OCH3 is 1. The van der Waals surface area contributed by atoms with Gasteiger partial charge >= 0.3 is 0 Å². The number of carbonyl (C=O) groups is 2. The molecule has 1 N–H and O–H groups in total. The normalized spacial score (nSPS) is 15.5. The Labute approximate surface area is 148 Å². The van der Waals surface area contributed by atoms with E-state index >= 15 is 0 Å². The van der Waals surface area contributed by atoms with Crippen LogP contribution in [0.5, 0.6) is 5.75 Å². The van der Waals surface area contributed by atoms with Gasteiger partial charge in [-0.1, -0.05) is 35.9 Å². The van der Waals surface area contributed by atoms with Crippen LogP contribution < -0.4 is 10.1 Å². The summed E-state index contributed by atoms with van der Waals surface area (Å²) in [6.45, 7) is 1.93. The van der Waals surface area contributed by atoms with E-state index in [1.54, 1.807) is 13.2 Å². The van der Waals surface area contributed by atoms with Gasteiger partial charge in [0.2, 0.25) is 5.91 Å². The van der Waals surface area contributed by atoms with Gasteiger partial charge < -0.3 is 10.1 Å². The molecule has 0 heterocycles. The fraction of sp³-hybridized carbons (Fsp3) is 0.333. The third-order valence-corrected chi connectivity index (χ3v) is 4.70. The molecule has 1 atom stereocenters. The number of carbonyl (C=O) groups excluding carboxylic acids is 2. The molecule has 4 heteroatoms. The maximum absolute atomic E-state index is 12.5. The molecule has 1 amide bonds. The number of rotatable bonds is 6. The highest BCUT2D eigenvalue weighted by Gasteiger charge is 2.23. The zero-order valence-electron chi connectivity index (χ0n) is 14.7. The van der Waals surface area contributed by atoms with Crippen LogP contribution in [0, 0.1) is 6.92 Å². The van der Waals surface area contributed by atoms with Gasteiger partial charge in [0, 0.05) is 12.8 Å². The van der Waals surface area contributed by atoms with Gasteiger partial charge in [0.15, 0.2) is 5.78 Å². The Morgan fingerprint density at radius 1 is 1.16 bits per heavy atom. The first-order valence-corrected chi connectivity index (χ1v) is 8.63. The number of nitrogens with one attached hydrogen (secondary N) is 1. The summed E-state index contributed by atoms with van der Waals surface area (Å²) in [7, 11) is 1.55. The van der Waals surface area contributed by atoms with E-state index in [9.17, 15) is 9.59 Å². The predicted octanol–water partition coefficient (Wildman–Crippen LogP) is 3.77. The third-order valence-electron chi connectivity index (χ3n) is 4.70. The number of ketones is 1. The molecule has 0 aliphatic heterocycles. The average Bonchev–Trinajstić information content (AvgIpc) is 3.02. The van der Waals surface area contributed by atoms with E-state index in [1.165, 1.54) is 11.1 Å². The first-order valence-electron chi connectivity index (χ1n) is 8.63. The van der Waals surface area contributed by atoms with Crippen LogP contribution in [0.25, 0.3) is 0 Å². The zero-order chi connectivity index (χ0) is 17.8. The molecule has 1 aliphatic rings. The van der Waals surface area contributed by atoms with Crippen molar-refractivity contribution < 1.29 is 14.3 Å². The van der Waals surface area contributed by atoms with Crippen LogP contribution in [0.3, 0.4) is 0 Å². The first-order chi connectivity index (χ1) is 12.1. The average molecular weight is 337 g/mol. The van der Waals surface area contributed by atoms with E-state index in [0.29, 0.717) is 11.3 Å². The number of hydrogen-bond donors (Lipinski definition) is 1. The molecule has 3 rings (SSSR count). The Morgan fingerprint density at radius 2 is 1.96 bits per heavy atom. The summed E-state index contributed by atoms with van der Waals surface area (Å²) in [5.74, 6) is 0.407. The molecule has 2 aromatic rings. The van der Waals surface area contributed by atoms with Crippen molar-refractivity contribution in [1.29, 1.82) is 0 Å². The molecule has 2 aromatic carbocycles. The number of fused-ring (bicyclic) bond motifs is 1. The first kappa shape index (κ1) is 17.2. The number of benzene rings is 2. The van der Waals surface area contributed by atoms with Crippen molar-refractivity contribution in [3.05, 3.63) is 64.7 Å². The lowest BCUT2D eigenvalue weighted by Gasteiger charge is -2.14. The van der Waals surface area contributed by atoms with Gasteiger partial charge in [-0.25, -0.2) is 0 Å². The van der Waals surface area contributed by atoms with Gasteiger partial charge in [0.1, 0.15) is 5.75 Å². The lowest BCUT2D eigenvalue weighted by Crippen LogP contribution is -2.27. The van der Waals surface area contributed by atoms with Gasteiger partial charge in [0.25, 0.3) is 0 Å². The minimum absolute atomic E-state index is 0.0623. The molecule has 0 spiro atoms. The second-order valence-corrected chi connectivity index (χ2v) is 6.48. The second kappa shape index (κ2) is 7.51. The Bertz CT molecular complexity index is 797. The van der Waals surface area contributed by atoms with Gasteiger partial charge in [-0.2, -0.15) is 0 Å². The molecule has 0 bridgehead atoms. The SMILES string of the molecule is COc1ccc(C)cc1C(=O)CCC(=O)N[C@@H]1CCc2ccccc21. The molecule has 0 unspecified atom stereocenters. The van der Waals surface area contributed by atoms with Crippen molar-refractivity contribution in [3.8, 4) is 5.75 Å². The monoisotopic (exact) mass is 337 g/mol. The summed E-state index contributed by atoms with van der Waals surface area (Å²) in [5.41, 5.74) is 4.04. The maximum atomic E-state index is 12.5. The van der Waals surface area contributed by atoms with E-state index in [4.69, 9.17) is 4.74 Å². The molecular weight excluding hydrogens is 314 g/mol. The quantitative estimate of drug-likeness (QED) is 0.816. The molecule has 130 valence electrons. The van der Waals surface area contributed by atoms with Crippen molar-refractivity contribution in [1.82, 2.24) is 5.32 Å². The summed E-state index contributed by atoms with van der Waals surface area (Å²) in [6.07, 6.45) is 2.28. The predicted molar refractivity (Wildman–Crippen MR) is 96.9 cm³/mol. The summed E-state index contributed by atoms with van der Waals surface area (Å²) in [5, 5.41) is 3.06. The standard InChI is InChI=1S/C21H23NO3/c1-14-7-11-20(25-2)17(13-14)19(23)10-12-21(24)22-18-9-8-15-5-3-4-6-16(15)18/h3-7,11,13,18H,8-10,12H2,1-2H3,(H,22,24)/t18-/m1/s1. The smallest absolute Gasteiger partial charge is 0.220 e. The van der Waals surface area contributed by atoms with Crippen molar-refractivity contribution in [2.75, 3.05) is 7.11 Å². The fourth-order valence-electron chi connectivity index (χ4n) is 3.38. The molecule has 4 nitrogen and oxygen atoms in total. The zero-order valence-corrected chi connectivity index (χ0v) is 14.7. The summed E-state index contributed by atoms with van der Waals surface area (Å²) in [4.78, 5) is 24.7. The van der Waals surface area contributed by atoms with E-state index < -0.39 is 0 Å². The summed E-state index contributed by atoms with van der Waals surface area (Å²) in [6, 6.07) is 13.8. The Kier molecular flexibility index (Phi) is 5.17. The molecule has 0 saturated carbocycles. The van der Waals surface area contributed by atoms with E-state index in [0.717, 1.165) is 18.4 Å². The van der Waals surface area contributed by atoms with Crippen LogP contribution in [0.15, 0.2) is 42.5 Å². The van der Waals surface area contributed by atoms with Gasteiger partial charge in [-0.15, -0.1) is 0 Å². The lowest BCUT2D eigenvalue weighted by atomic mass is 10.0. The number of ether oxygens (including phenoxy) is 1. The van der Waals surface area contributed by atoms with Crippen LogP contribution in [-0.2, 0) is 11.2 Å². The number of aryl methyl sites for hydroxylation is 2. The van der Waals surface area contributed by atoms with Crippen LogP contribution in [0.1, 0.15) is 52.4 Å². The topological polar surface area (TPSA) is 55.4 Å². The minimum atomic E-state index is -0.0818. The summed E-state index contributed by atoms with van der Waals surface area (Å²) >= 11 is 0. The minimum Gasteiger partial charge on any atom is -0.496 e. The molecule has 0 fully saturated rings. The van der Waals surface area contributed by atoms with Gasteiger partial charge in [-0.05, 0) is 43.0 Å². The Morgan fingerprint density at radius 3 is 2.76 bits per heavy atom. The highest BCUT2D eigenvalue weighted by molar-refractivity contribution is 6.00. The molecule has 0 radical (unpaired) electrons. The van der Waals surface area contributed by atoms with Crippen molar-refractivity contribution >= 4 is 11.7 Å². The maximum Gasteiger partial charge on any atom is 0.220 e. The lowest BCUT2D eigenvalue weighted by molar-refractivity contribution is -0.121. The van der Waals surface area contributed by atoms with Crippen LogP contribution in [0.2, 0.25) is 0 Å². The van der Waals surface area contributed by atoms with E-state index in [2.05, 4.69) is 17.4 Å². The molecular formula is C21H23NO3. The number of amides is 1. The van der Waals surface area contributed by atoms with Gasteiger partial charge in [-0.3, -0.25) is 9.59 Å². The second-order valence-electron chi connectivity index (χ2n) is 6.48. The van der Waals surface area contributed by atoms with Crippen molar-refractivity contribution in [3.63, 3.8) is 0 Å². The Hall–Kier alpha value is -2.62. The van der Waals surface area contributed by atoms with E-state index in [-0.39, 0.29) is 30.6 Å². The molecule has 25 heavy (non-hydrogen) atoms. The highest BCUT2D eigenvalue weighted by atomic mass is 16.5. The number of hydrogen-bond acceptors (Lipinski definition) is 3. The third kappa shape index (κ3) is 3.90. The molecule has 0 aromatic heterocycles. The number of Topliss-reactive ketones (excluding diaryl/α,β-unsaturated/α-hetero) is 1. The molecule has 1 aliphatic carbocycles. The van der Waals surface area contributed by atoms with Crippen LogP contribution in [-0.4, -0.2) is 18.8 Å². The Balaban J connectivity index is 1.58. The fourth-order valence-corrected chi connectivity index (χ4v) is 3.38. The van der Waals surface area contributed by atoms with Crippen molar-refractivity contribution in [2.45, 2.75) is 38.6 Å². The largest absolute Gasteiger partial charge is 0.496 e. The summed E-state index contributed by atoms with van der Waals surface area (Å²) < 4.78 is 5.25. The van der Waals surface area contributed by atoms with Crippen molar-refractivity contribution in [2.24, 2.45) is 0 Å². The van der Waals surface area contributed by atoms with Crippen LogP contribution in [0.4, 0.5) is 0 Å². The molecule has 0 saturated heterocycles. The van der Waals surface area contributed by atoms with Crippen LogP contribution >= 0.6 is 0 Å². The highest BCUT2D eigenvalue weighted by Crippen LogP contribution is 2.30. The van der Waals surface area contributed by atoms with Gasteiger partial charge in [0.05, 0.1) is 18.7 Å². The van der Waals surface area contributed by atoms with E-state index in [1.807, 2.05) is 31.2 Å².